The summed E-state index contributed by atoms with van der Waals surface area (Å²) in [5.74, 6) is 1.46. The summed E-state index contributed by atoms with van der Waals surface area (Å²) in [5.41, 5.74) is -0.0678. The molecule has 1 fully saturated rings. The molecule has 3 heterocycles. The van der Waals surface area contributed by atoms with Gasteiger partial charge in [-0.2, -0.15) is 10.1 Å². The highest BCUT2D eigenvalue weighted by molar-refractivity contribution is 5.39. The van der Waals surface area contributed by atoms with E-state index in [1.807, 2.05) is 19.9 Å². The largest absolute Gasteiger partial charge is 0.350 e. The van der Waals surface area contributed by atoms with Crippen molar-refractivity contribution in [2.24, 2.45) is 0 Å². The maximum Gasteiger partial charge on any atom is 0.321 e. The molecule has 0 spiro atoms. The number of piperidine rings is 1. The first kappa shape index (κ1) is 16.5. The van der Waals surface area contributed by atoms with Crippen molar-refractivity contribution < 1.29 is 4.52 Å². The molecule has 1 unspecified atom stereocenters. The van der Waals surface area contributed by atoms with Crippen molar-refractivity contribution in [3.8, 4) is 0 Å². The highest BCUT2D eigenvalue weighted by Crippen LogP contribution is 2.23. The molecule has 130 valence electrons. The molecule has 0 aliphatic carbocycles. The predicted octanol–water partition coefficient (Wildman–Crippen LogP) is 1.99. The topological polar surface area (TPSA) is 89.1 Å². The van der Waals surface area contributed by atoms with Gasteiger partial charge >= 0.3 is 6.01 Å². The summed E-state index contributed by atoms with van der Waals surface area (Å²) in [6.07, 6.45) is 3.36. The molecule has 0 aromatic carbocycles. The molecule has 1 aliphatic rings. The van der Waals surface area contributed by atoms with Gasteiger partial charge in [0.25, 0.3) is 5.56 Å². The van der Waals surface area contributed by atoms with Gasteiger partial charge in [0.2, 0.25) is 0 Å². The Labute approximate surface area is 140 Å². The van der Waals surface area contributed by atoms with E-state index in [0.29, 0.717) is 18.4 Å². The van der Waals surface area contributed by atoms with E-state index in [-0.39, 0.29) is 17.6 Å². The standard InChI is InChI=1S/C16H24N6O2/c1-11(2)22-15(23)8-7-14(19-22)21-9-5-4-6-13(21)10-17-16-18-12(3)20-24-16/h7-8,11,13H,4-6,9-10H2,1-3H3,(H,17,18,20). The first-order chi connectivity index (χ1) is 11.5. The average molecular weight is 332 g/mol. The van der Waals surface area contributed by atoms with Gasteiger partial charge < -0.3 is 14.7 Å². The Morgan fingerprint density at radius 2 is 2.21 bits per heavy atom. The van der Waals surface area contributed by atoms with Crippen LogP contribution in [0.25, 0.3) is 0 Å². The molecule has 24 heavy (non-hydrogen) atoms. The van der Waals surface area contributed by atoms with Crippen molar-refractivity contribution in [2.45, 2.75) is 52.1 Å². The summed E-state index contributed by atoms with van der Waals surface area (Å²) >= 11 is 0. The van der Waals surface area contributed by atoms with Gasteiger partial charge in [0.1, 0.15) is 5.82 Å². The maximum absolute atomic E-state index is 11.9. The van der Waals surface area contributed by atoms with Crippen LogP contribution in [0.4, 0.5) is 11.8 Å². The molecule has 1 saturated heterocycles. The van der Waals surface area contributed by atoms with Crippen LogP contribution in [0.3, 0.4) is 0 Å². The number of aryl methyl sites for hydroxylation is 1. The van der Waals surface area contributed by atoms with E-state index in [2.05, 4.69) is 25.5 Å². The number of hydrogen-bond acceptors (Lipinski definition) is 7. The fraction of sp³-hybridized carbons (Fsp3) is 0.625. The highest BCUT2D eigenvalue weighted by atomic mass is 16.5. The minimum atomic E-state index is -0.0678. The van der Waals surface area contributed by atoms with Crippen LogP contribution in [-0.4, -0.2) is 39.1 Å². The Morgan fingerprint density at radius 3 is 2.92 bits per heavy atom. The molecule has 0 amide bonds. The van der Waals surface area contributed by atoms with Gasteiger partial charge in [-0.15, -0.1) is 0 Å². The number of nitrogens with zero attached hydrogens (tertiary/aromatic N) is 5. The van der Waals surface area contributed by atoms with E-state index in [9.17, 15) is 4.79 Å². The lowest BCUT2D eigenvalue weighted by molar-refractivity contribution is 0.416. The molecular weight excluding hydrogens is 308 g/mol. The molecule has 2 aromatic heterocycles. The maximum atomic E-state index is 11.9. The third-order valence-corrected chi connectivity index (χ3v) is 4.24. The molecule has 8 nitrogen and oxygen atoms in total. The van der Waals surface area contributed by atoms with Gasteiger partial charge in [-0.05, 0) is 46.1 Å². The third kappa shape index (κ3) is 3.58. The van der Waals surface area contributed by atoms with E-state index >= 15 is 0 Å². The number of nitrogens with one attached hydrogen (secondary N) is 1. The first-order valence-electron chi connectivity index (χ1n) is 8.45. The second kappa shape index (κ2) is 7.02. The summed E-state index contributed by atoms with van der Waals surface area (Å²) in [7, 11) is 0. The summed E-state index contributed by atoms with van der Waals surface area (Å²) in [6.45, 7) is 7.35. The van der Waals surface area contributed by atoms with Crippen LogP contribution in [-0.2, 0) is 0 Å². The Balaban J connectivity index is 1.76. The Kier molecular flexibility index (Phi) is 4.82. The third-order valence-electron chi connectivity index (χ3n) is 4.24. The summed E-state index contributed by atoms with van der Waals surface area (Å²) in [6, 6.07) is 4.17. The van der Waals surface area contributed by atoms with Gasteiger partial charge in [-0.1, -0.05) is 5.16 Å². The molecule has 0 bridgehead atoms. The van der Waals surface area contributed by atoms with Crippen LogP contribution in [0, 0.1) is 6.92 Å². The minimum Gasteiger partial charge on any atom is -0.350 e. The molecular formula is C16H24N6O2. The zero-order chi connectivity index (χ0) is 17.1. The molecule has 0 saturated carbocycles. The fourth-order valence-electron chi connectivity index (χ4n) is 3.03. The lowest BCUT2D eigenvalue weighted by Crippen LogP contribution is -2.45. The Morgan fingerprint density at radius 1 is 1.38 bits per heavy atom. The van der Waals surface area contributed by atoms with Crippen LogP contribution >= 0.6 is 0 Å². The van der Waals surface area contributed by atoms with E-state index in [4.69, 9.17) is 4.52 Å². The SMILES string of the molecule is Cc1noc(NCC2CCCCN2c2ccc(=O)n(C(C)C)n2)n1. The molecule has 1 aliphatic heterocycles. The van der Waals surface area contributed by atoms with Crippen LogP contribution in [0.15, 0.2) is 21.5 Å². The summed E-state index contributed by atoms with van der Waals surface area (Å²) < 4.78 is 6.65. The monoisotopic (exact) mass is 332 g/mol. The number of hydrogen-bond donors (Lipinski definition) is 1. The normalized spacial score (nSPS) is 18.2. The molecule has 1 N–H and O–H groups in total. The van der Waals surface area contributed by atoms with Gasteiger partial charge in [-0.3, -0.25) is 4.79 Å². The Bertz CT molecular complexity index is 738. The van der Waals surface area contributed by atoms with E-state index in [1.54, 1.807) is 13.0 Å². The number of aromatic nitrogens is 4. The van der Waals surface area contributed by atoms with Crippen molar-refractivity contribution in [2.75, 3.05) is 23.3 Å². The fourth-order valence-corrected chi connectivity index (χ4v) is 3.03. The van der Waals surface area contributed by atoms with Crippen molar-refractivity contribution in [1.82, 2.24) is 19.9 Å². The van der Waals surface area contributed by atoms with E-state index < -0.39 is 0 Å². The second-order valence-corrected chi connectivity index (χ2v) is 6.44. The Hall–Kier alpha value is -2.38. The van der Waals surface area contributed by atoms with Crippen molar-refractivity contribution in [1.29, 1.82) is 0 Å². The first-order valence-corrected chi connectivity index (χ1v) is 8.45. The average Bonchev–Trinajstić information content (AvgIpc) is 2.99. The second-order valence-electron chi connectivity index (χ2n) is 6.44. The summed E-state index contributed by atoms with van der Waals surface area (Å²) in [4.78, 5) is 18.4. The quantitative estimate of drug-likeness (QED) is 0.895. The molecule has 0 radical (unpaired) electrons. The predicted molar refractivity (Wildman–Crippen MR) is 91.4 cm³/mol. The van der Waals surface area contributed by atoms with Gasteiger partial charge in [-0.25, -0.2) is 4.68 Å². The van der Waals surface area contributed by atoms with Crippen LogP contribution in [0.5, 0.6) is 0 Å². The van der Waals surface area contributed by atoms with Crippen LogP contribution < -0.4 is 15.8 Å². The smallest absolute Gasteiger partial charge is 0.321 e. The van der Waals surface area contributed by atoms with Crippen molar-refractivity contribution in [3.05, 3.63) is 28.3 Å². The number of anilines is 2. The van der Waals surface area contributed by atoms with Gasteiger partial charge in [0.05, 0.1) is 6.04 Å². The molecule has 1 atom stereocenters. The van der Waals surface area contributed by atoms with E-state index in [1.165, 1.54) is 11.1 Å². The molecule has 2 aromatic rings. The van der Waals surface area contributed by atoms with Crippen molar-refractivity contribution >= 4 is 11.8 Å². The number of rotatable bonds is 5. The molecule has 8 heteroatoms. The lowest BCUT2D eigenvalue weighted by Gasteiger charge is -2.36. The van der Waals surface area contributed by atoms with Gasteiger partial charge in [0, 0.05) is 25.2 Å². The van der Waals surface area contributed by atoms with Gasteiger partial charge in [0.15, 0.2) is 5.82 Å². The minimum absolute atomic E-state index is 0.0418. The zero-order valence-electron chi connectivity index (χ0n) is 14.4. The summed E-state index contributed by atoms with van der Waals surface area (Å²) in [5, 5.41) is 11.5. The molecule has 3 rings (SSSR count). The van der Waals surface area contributed by atoms with Crippen molar-refractivity contribution in [3.63, 3.8) is 0 Å². The van der Waals surface area contributed by atoms with Crippen LogP contribution in [0.2, 0.25) is 0 Å². The lowest BCUT2D eigenvalue weighted by atomic mass is 10.0. The van der Waals surface area contributed by atoms with Crippen LogP contribution in [0.1, 0.15) is 45.0 Å². The van der Waals surface area contributed by atoms with E-state index in [0.717, 1.165) is 25.2 Å². The zero-order valence-corrected chi connectivity index (χ0v) is 14.4. The highest BCUT2D eigenvalue weighted by Gasteiger charge is 2.24.